The molecule has 1 aliphatic rings. The predicted molar refractivity (Wildman–Crippen MR) is 130 cm³/mol. The zero-order valence-corrected chi connectivity index (χ0v) is 19.6. The van der Waals surface area contributed by atoms with E-state index >= 15 is 0 Å². The van der Waals surface area contributed by atoms with Crippen LogP contribution in [0.4, 0.5) is 16.3 Å². The molecule has 3 aromatic rings. The van der Waals surface area contributed by atoms with Crippen LogP contribution in [0.25, 0.3) is 10.9 Å². The first-order valence-electron chi connectivity index (χ1n) is 11.3. The highest BCUT2D eigenvalue weighted by Crippen LogP contribution is 2.36. The first-order valence-corrected chi connectivity index (χ1v) is 11.3. The van der Waals surface area contributed by atoms with Crippen molar-refractivity contribution in [1.82, 2.24) is 14.9 Å². The Balaban J connectivity index is 1.69. The summed E-state index contributed by atoms with van der Waals surface area (Å²) < 4.78 is 11.3. The molecule has 0 aliphatic carbocycles. The number of nitrogens with one attached hydrogen (secondary N) is 1. The number of ether oxygens (including phenoxy) is 2. The fourth-order valence-corrected chi connectivity index (χ4v) is 4.22. The molecule has 3 N–H and O–H groups in total. The second-order valence-electron chi connectivity index (χ2n) is 8.60. The Morgan fingerprint density at radius 1 is 1.06 bits per heavy atom. The zero-order valence-electron chi connectivity index (χ0n) is 19.6. The maximum Gasteiger partial charge on any atom is 0.415 e. The fourth-order valence-electron chi connectivity index (χ4n) is 4.22. The number of likely N-dealkylation sites (tertiary alicyclic amines) is 1. The quantitative estimate of drug-likeness (QED) is 0.529. The maximum absolute atomic E-state index is 12.7. The van der Waals surface area contributed by atoms with Crippen LogP contribution in [-0.4, -0.2) is 41.2 Å². The van der Waals surface area contributed by atoms with Crippen LogP contribution in [-0.2, 0) is 0 Å². The van der Waals surface area contributed by atoms with Crippen LogP contribution in [0.3, 0.4) is 0 Å². The number of carbonyl (C=O) groups is 1. The standard InChI is InChI=1S/C25H31N5O3/c1-15-10-18(12-19(26)11-15)16(2)27-24-20-13-23(33-25(31)30-8-6-5-7-9-30)22(32-4)14-21(20)28-17(3)29-24/h10-14,16H,5-9,26H2,1-4H3,(H,27,28,29). The number of carbonyl (C=O) groups excluding carboxylic acids is 1. The lowest BCUT2D eigenvalue weighted by molar-refractivity contribution is 0.141. The van der Waals surface area contributed by atoms with Gasteiger partial charge in [0.05, 0.1) is 18.7 Å². The third-order valence-electron chi connectivity index (χ3n) is 5.88. The van der Waals surface area contributed by atoms with E-state index in [-0.39, 0.29) is 12.1 Å². The zero-order chi connectivity index (χ0) is 23.5. The molecular formula is C25H31N5O3. The molecule has 174 valence electrons. The van der Waals surface area contributed by atoms with Crippen LogP contribution in [0.1, 0.15) is 49.2 Å². The van der Waals surface area contributed by atoms with Gasteiger partial charge in [-0.3, -0.25) is 0 Å². The van der Waals surface area contributed by atoms with Gasteiger partial charge in [0.25, 0.3) is 0 Å². The molecule has 8 nitrogen and oxygen atoms in total. The average Bonchev–Trinajstić information content (AvgIpc) is 2.78. The van der Waals surface area contributed by atoms with E-state index in [0.29, 0.717) is 41.7 Å². The predicted octanol–water partition coefficient (Wildman–Crippen LogP) is 5.00. The van der Waals surface area contributed by atoms with Crippen molar-refractivity contribution in [3.05, 3.63) is 47.3 Å². The molecule has 1 amide bonds. The van der Waals surface area contributed by atoms with Crippen LogP contribution in [0.15, 0.2) is 30.3 Å². The number of methoxy groups -OCH3 is 1. The van der Waals surface area contributed by atoms with Crippen molar-refractivity contribution in [3.63, 3.8) is 0 Å². The van der Waals surface area contributed by atoms with Crippen molar-refractivity contribution < 1.29 is 14.3 Å². The summed E-state index contributed by atoms with van der Waals surface area (Å²) in [6.45, 7) is 7.34. The molecule has 1 fully saturated rings. The van der Waals surface area contributed by atoms with E-state index in [1.807, 2.05) is 26.0 Å². The van der Waals surface area contributed by atoms with Gasteiger partial charge in [-0.15, -0.1) is 0 Å². The van der Waals surface area contributed by atoms with Crippen molar-refractivity contribution >= 4 is 28.5 Å². The molecule has 8 heteroatoms. The Labute approximate surface area is 194 Å². The van der Waals surface area contributed by atoms with Gasteiger partial charge in [0, 0.05) is 30.2 Å². The molecule has 2 heterocycles. The SMILES string of the molecule is COc1cc2nc(C)nc(NC(C)c3cc(C)cc(N)c3)c2cc1OC(=O)N1CCCCC1. The summed E-state index contributed by atoms with van der Waals surface area (Å²) in [6.07, 6.45) is 2.76. The van der Waals surface area contributed by atoms with Crippen molar-refractivity contribution in [1.29, 1.82) is 0 Å². The highest BCUT2D eigenvalue weighted by Gasteiger charge is 2.22. The van der Waals surface area contributed by atoms with Gasteiger partial charge >= 0.3 is 6.09 Å². The number of piperidine rings is 1. The van der Waals surface area contributed by atoms with Crippen molar-refractivity contribution in [2.45, 2.75) is 46.1 Å². The first-order chi connectivity index (χ1) is 15.8. The van der Waals surface area contributed by atoms with Gasteiger partial charge in [-0.05, 0) is 69.4 Å². The van der Waals surface area contributed by atoms with Crippen LogP contribution in [0.5, 0.6) is 11.5 Å². The Kier molecular flexibility index (Phi) is 6.53. The number of amides is 1. The van der Waals surface area contributed by atoms with Gasteiger partial charge in [-0.1, -0.05) is 6.07 Å². The average molecular weight is 450 g/mol. The lowest BCUT2D eigenvalue weighted by Gasteiger charge is -2.26. The Bertz CT molecular complexity index is 1150. The monoisotopic (exact) mass is 449 g/mol. The highest BCUT2D eigenvalue weighted by atomic mass is 16.6. The maximum atomic E-state index is 12.7. The summed E-state index contributed by atoms with van der Waals surface area (Å²) in [5, 5.41) is 4.23. The molecular weight excluding hydrogens is 418 g/mol. The number of rotatable bonds is 5. The van der Waals surface area contributed by atoms with Gasteiger partial charge in [0.15, 0.2) is 11.5 Å². The van der Waals surface area contributed by atoms with Crippen LogP contribution >= 0.6 is 0 Å². The summed E-state index contributed by atoms with van der Waals surface area (Å²) >= 11 is 0. The number of anilines is 2. The third-order valence-corrected chi connectivity index (χ3v) is 5.88. The molecule has 1 atom stereocenters. The number of aryl methyl sites for hydroxylation is 2. The van der Waals surface area contributed by atoms with Gasteiger partial charge < -0.3 is 25.4 Å². The second-order valence-corrected chi connectivity index (χ2v) is 8.60. The molecule has 0 bridgehead atoms. The minimum Gasteiger partial charge on any atom is -0.493 e. The largest absolute Gasteiger partial charge is 0.493 e. The van der Waals surface area contributed by atoms with Crippen LogP contribution < -0.4 is 20.5 Å². The molecule has 0 saturated carbocycles. The van der Waals surface area contributed by atoms with E-state index in [1.54, 1.807) is 24.1 Å². The lowest BCUT2D eigenvalue weighted by atomic mass is 10.0. The Morgan fingerprint density at radius 3 is 2.52 bits per heavy atom. The van der Waals surface area contributed by atoms with E-state index in [9.17, 15) is 4.79 Å². The summed E-state index contributed by atoms with van der Waals surface area (Å²) in [6, 6.07) is 9.49. The third kappa shape index (κ3) is 5.10. The van der Waals surface area contributed by atoms with Gasteiger partial charge in [-0.25, -0.2) is 14.8 Å². The highest BCUT2D eigenvalue weighted by molar-refractivity contribution is 5.92. The molecule has 1 saturated heterocycles. The minimum absolute atomic E-state index is 0.0499. The Morgan fingerprint density at radius 2 is 1.82 bits per heavy atom. The summed E-state index contributed by atoms with van der Waals surface area (Å²) in [7, 11) is 1.55. The van der Waals surface area contributed by atoms with Gasteiger partial charge in [-0.2, -0.15) is 0 Å². The summed E-state index contributed by atoms with van der Waals surface area (Å²) in [5.74, 6) is 2.09. The number of aromatic nitrogens is 2. The lowest BCUT2D eigenvalue weighted by Crippen LogP contribution is -2.37. The molecule has 1 unspecified atom stereocenters. The van der Waals surface area contributed by atoms with E-state index in [4.69, 9.17) is 15.2 Å². The topological polar surface area (TPSA) is 103 Å². The van der Waals surface area contributed by atoms with Crippen LogP contribution in [0.2, 0.25) is 0 Å². The number of fused-ring (bicyclic) bond motifs is 1. The Hall–Kier alpha value is -3.55. The van der Waals surface area contributed by atoms with Crippen molar-refractivity contribution in [3.8, 4) is 11.5 Å². The summed E-state index contributed by atoms with van der Waals surface area (Å²) in [4.78, 5) is 23.7. The number of hydrogen-bond donors (Lipinski definition) is 2. The molecule has 2 aromatic carbocycles. The number of benzene rings is 2. The molecule has 4 rings (SSSR count). The van der Waals surface area contributed by atoms with Gasteiger partial charge in [0.1, 0.15) is 11.6 Å². The normalized spacial score (nSPS) is 14.7. The number of nitrogens with zero attached hydrogens (tertiary/aromatic N) is 3. The fraction of sp³-hybridized carbons (Fsp3) is 0.400. The molecule has 0 radical (unpaired) electrons. The smallest absolute Gasteiger partial charge is 0.415 e. The minimum atomic E-state index is -0.363. The van der Waals surface area contributed by atoms with Gasteiger partial charge in [0.2, 0.25) is 0 Å². The van der Waals surface area contributed by atoms with E-state index < -0.39 is 0 Å². The number of hydrogen-bond acceptors (Lipinski definition) is 7. The number of nitrogens with two attached hydrogens (primary N) is 1. The van der Waals surface area contributed by atoms with Crippen molar-refractivity contribution in [2.24, 2.45) is 0 Å². The second kappa shape index (κ2) is 9.52. The van der Waals surface area contributed by atoms with E-state index in [2.05, 4.69) is 28.3 Å². The first kappa shape index (κ1) is 22.6. The molecule has 1 aliphatic heterocycles. The molecule has 0 spiro atoms. The molecule has 1 aromatic heterocycles. The molecule has 33 heavy (non-hydrogen) atoms. The van der Waals surface area contributed by atoms with E-state index in [1.165, 1.54) is 0 Å². The van der Waals surface area contributed by atoms with Crippen LogP contribution in [0, 0.1) is 13.8 Å². The van der Waals surface area contributed by atoms with E-state index in [0.717, 1.165) is 41.5 Å². The summed E-state index contributed by atoms with van der Waals surface area (Å²) in [5.41, 5.74) is 9.62. The number of nitrogen functional groups attached to an aromatic ring is 1. The van der Waals surface area contributed by atoms with Crippen molar-refractivity contribution in [2.75, 3.05) is 31.2 Å².